The highest BCUT2D eigenvalue weighted by Crippen LogP contribution is 2.34. The lowest BCUT2D eigenvalue weighted by atomic mass is 9.84. The molecule has 0 aliphatic carbocycles. The van der Waals surface area contributed by atoms with Crippen molar-refractivity contribution in [2.45, 2.75) is 40.5 Å². The molecular weight excluding hydrogens is 668 g/mol. The summed E-state index contributed by atoms with van der Waals surface area (Å²) in [5.41, 5.74) is 2.06. The molecule has 260 valence electrons. The monoisotopic (exact) mass is 704 g/mol. The van der Waals surface area contributed by atoms with Crippen LogP contribution in [0.1, 0.15) is 80.3 Å². The van der Waals surface area contributed by atoms with Gasteiger partial charge in [-0.3, -0.25) is 0 Å². The molecule has 2 radical (unpaired) electrons. The zero-order valence-electron chi connectivity index (χ0n) is 28.8. The van der Waals surface area contributed by atoms with E-state index in [-0.39, 0.29) is 29.8 Å². The number of carbonyl (C=O) groups excluding carboxylic acids is 4. The third-order valence-electron chi connectivity index (χ3n) is 8.25. The molecule has 0 saturated carbocycles. The fraction of sp³-hybridized carbons (Fsp3) is 0.238. The fourth-order valence-electron chi connectivity index (χ4n) is 5.58. The lowest BCUT2D eigenvalue weighted by molar-refractivity contribution is 0.0335. The van der Waals surface area contributed by atoms with Gasteiger partial charge in [-0.15, -0.1) is 0 Å². The molecule has 5 aromatic carbocycles. The van der Waals surface area contributed by atoms with Crippen molar-refractivity contribution in [3.05, 3.63) is 148 Å². The molecule has 0 aliphatic rings. The van der Waals surface area contributed by atoms with Crippen LogP contribution in [0.4, 0.5) is 0 Å². The van der Waals surface area contributed by atoms with Crippen LogP contribution in [0.2, 0.25) is 5.02 Å². The summed E-state index contributed by atoms with van der Waals surface area (Å²) in [6.45, 7) is 8.33. The minimum atomic E-state index is -1.31. The van der Waals surface area contributed by atoms with E-state index in [0.29, 0.717) is 34.7 Å². The minimum absolute atomic E-state index is 0.00939. The smallest absolute Gasteiger partial charge is 0.386 e. The highest BCUT2D eigenvalue weighted by Gasteiger charge is 2.25. The van der Waals surface area contributed by atoms with Gasteiger partial charge in [0.25, 0.3) is 0 Å². The predicted molar refractivity (Wildman–Crippen MR) is 193 cm³/mol. The topological polar surface area (TPSA) is 116 Å². The summed E-state index contributed by atoms with van der Waals surface area (Å²) in [5, 5.41) is 13.5. The second-order valence-corrected chi connectivity index (χ2v) is 14.4. The number of carbonyl (C=O) groups is 4. The van der Waals surface area contributed by atoms with Gasteiger partial charge >= 0.3 is 23.9 Å². The van der Waals surface area contributed by atoms with Crippen LogP contribution < -0.4 is 4.74 Å². The van der Waals surface area contributed by atoms with Gasteiger partial charge in [0, 0.05) is 16.2 Å². The fourth-order valence-corrected chi connectivity index (χ4v) is 5.88. The van der Waals surface area contributed by atoms with E-state index in [1.807, 2.05) is 52.0 Å². The van der Waals surface area contributed by atoms with E-state index < -0.39 is 29.3 Å². The van der Waals surface area contributed by atoms with Gasteiger partial charge in [0.2, 0.25) is 0 Å². The number of benzene rings is 5. The molecule has 5 rings (SSSR count). The average molecular weight is 705 g/mol. The van der Waals surface area contributed by atoms with Crippen LogP contribution in [0, 0.1) is 16.9 Å². The lowest BCUT2D eigenvalue weighted by Crippen LogP contribution is -2.25. The van der Waals surface area contributed by atoms with Crippen molar-refractivity contribution in [1.82, 2.24) is 0 Å². The molecule has 0 amide bonds. The summed E-state index contributed by atoms with van der Waals surface area (Å²) in [7, 11) is 0. The normalized spacial score (nSPS) is 11.5. The van der Waals surface area contributed by atoms with E-state index in [1.165, 1.54) is 48.5 Å². The molecule has 0 aliphatic heterocycles. The Morgan fingerprint density at radius 3 is 1.69 bits per heavy atom. The van der Waals surface area contributed by atoms with E-state index in [1.54, 1.807) is 24.3 Å². The molecule has 0 aromatic heterocycles. The van der Waals surface area contributed by atoms with Gasteiger partial charge in [-0.2, -0.15) is 0 Å². The molecule has 9 heteroatoms. The molecule has 0 unspecified atom stereocenters. The molecule has 0 fully saturated rings. The van der Waals surface area contributed by atoms with Crippen LogP contribution in [-0.4, -0.2) is 37.1 Å². The number of ether oxygens (including phenoxy) is 3. The maximum atomic E-state index is 12.8. The van der Waals surface area contributed by atoms with E-state index in [9.17, 15) is 24.3 Å². The number of fused-ring (bicyclic) bond motifs is 1. The molecular formula is C42H37ClO8. The molecule has 0 spiro atoms. The van der Waals surface area contributed by atoms with Crippen LogP contribution in [0.15, 0.2) is 103 Å². The molecule has 51 heavy (non-hydrogen) atoms. The van der Waals surface area contributed by atoms with Gasteiger partial charge in [0.05, 0.1) is 40.5 Å². The molecule has 0 saturated heterocycles. The van der Waals surface area contributed by atoms with E-state index in [4.69, 9.17) is 25.8 Å². The number of hydrogen-bond acceptors (Lipinski definition) is 7. The average Bonchev–Trinajstić information content (AvgIpc) is 3.11. The summed E-state index contributed by atoms with van der Waals surface area (Å²) in [6.07, 6.45) is 1.20. The first-order valence-corrected chi connectivity index (χ1v) is 16.7. The highest BCUT2D eigenvalue weighted by atomic mass is 35.5. The van der Waals surface area contributed by atoms with Crippen molar-refractivity contribution < 1.29 is 38.5 Å². The maximum Gasteiger partial charge on any atom is 0.386 e. The first kappa shape index (κ1) is 36.8. The second kappa shape index (κ2) is 15.6. The third-order valence-corrected chi connectivity index (χ3v) is 8.70. The maximum absolute atomic E-state index is 12.8. The molecule has 0 heterocycles. The summed E-state index contributed by atoms with van der Waals surface area (Å²) in [5.74, 6) is -2.46. The largest absolute Gasteiger partial charge is 0.462 e. The Labute approximate surface area is 301 Å². The van der Waals surface area contributed by atoms with Crippen LogP contribution >= 0.6 is 11.6 Å². The van der Waals surface area contributed by atoms with Crippen molar-refractivity contribution in [2.75, 3.05) is 13.2 Å². The zero-order chi connectivity index (χ0) is 36.8. The Hall–Kier alpha value is -5.47. The predicted octanol–water partition coefficient (Wildman–Crippen LogP) is 8.93. The first-order chi connectivity index (χ1) is 24.2. The Balaban J connectivity index is 1.15. The number of halogens is 1. The van der Waals surface area contributed by atoms with Gasteiger partial charge in [-0.1, -0.05) is 81.8 Å². The first-order valence-electron chi connectivity index (χ1n) is 16.3. The molecule has 0 N–H and O–H groups in total. The van der Waals surface area contributed by atoms with Crippen molar-refractivity contribution in [2.24, 2.45) is 10.8 Å². The van der Waals surface area contributed by atoms with Crippen LogP contribution in [0.25, 0.3) is 10.8 Å². The Bertz CT molecular complexity index is 2050. The number of hydrogen-bond donors (Lipinski definition) is 0. The molecule has 0 atom stereocenters. The molecule has 8 nitrogen and oxygen atoms in total. The Morgan fingerprint density at radius 1 is 0.627 bits per heavy atom. The van der Waals surface area contributed by atoms with Gasteiger partial charge in [-0.25, -0.2) is 24.3 Å². The highest BCUT2D eigenvalue weighted by molar-refractivity contribution is 6.36. The second-order valence-electron chi connectivity index (χ2n) is 14.0. The quantitative estimate of drug-likeness (QED) is 0.0888. The molecule has 5 aromatic rings. The van der Waals surface area contributed by atoms with Gasteiger partial charge in [0.15, 0.2) is 0 Å². The van der Waals surface area contributed by atoms with Crippen LogP contribution in [0.5, 0.6) is 5.75 Å². The SMILES string of the molecule is CC(C)(COC(=O)c1ccc(C([O])=O)cc1)Cc1ccc2c(Cl)c(CC(C)(C)COC(=O)c3ccc(C(=O)Oc4cc[c]cc4)cc3)ccc2c1. The van der Waals surface area contributed by atoms with Crippen molar-refractivity contribution >= 4 is 46.3 Å². The number of esters is 3. The van der Waals surface area contributed by atoms with Crippen LogP contribution in [0.3, 0.4) is 0 Å². The van der Waals surface area contributed by atoms with Crippen molar-refractivity contribution in [3.63, 3.8) is 0 Å². The lowest BCUT2D eigenvalue weighted by Gasteiger charge is -2.26. The van der Waals surface area contributed by atoms with E-state index in [2.05, 4.69) is 12.1 Å². The van der Waals surface area contributed by atoms with E-state index >= 15 is 0 Å². The van der Waals surface area contributed by atoms with Crippen LogP contribution in [-0.2, 0) is 27.4 Å². The molecule has 0 bridgehead atoms. The van der Waals surface area contributed by atoms with E-state index in [0.717, 1.165) is 21.9 Å². The third kappa shape index (κ3) is 9.83. The standard InChI is InChI=1S/C42H37ClO8/c1-41(2,25-49-38(46)29-13-11-28(12-14-29)37(44)45)23-27-10-21-35-32(22-27)19-20-33(36(35)43)24-42(3,4)26-50-39(47)30-15-17-31(18-16-30)40(48)51-34-8-6-5-7-9-34/h6-22H,23-26H2,1-4H3. The minimum Gasteiger partial charge on any atom is -0.462 e. The summed E-state index contributed by atoms with van der Waals surface area (Å²) >= 11 is 6.91. The summed E-state index contributed by atoms with van der Waals surface area (Å²) in [4.78, 5) is 48.8. The van der Waals surface area contributed by atoms with Gasteiger partial charge in [-0.05, 0) is 96.1 Å². The Kier molecular flexibility index (Phi) is 11.3. The number of rotatable bonds is 13. The Morgan fingerprint density at radius 2 is 1.14 bits per heavy atom. The van der Waals surface area contributed by atoms with Gasteiger partial charge < -0.3 is 14.2 Å². The van der Waals surface area contributed by atoms with Gasteiger partial charge in [0.1, 0.15) is 5.75 Å². The zero-order valence-corrected chi connectivity index (χ0v) is 29.5. The van der Waals surface area contributed by atoms with Crippen molar-refractivity contribution in [1.29, 1.82) is 0 Å². The summed E-state index contributed by atoms with van der Waals surface area (Å²) in [6, 6.07) is 31.1. The summed E-state index contributed by atoms with van der Waals surface area (Å²) < 4.78 is 16.6. The van der Waals surface area contributed by atoms with Crippen molar-refractivity contribution in [3.8, 4) is 5.75 Å².